The van der Waals surface area contributed by atoms with Crippen LogP contribution in [0.1, 0.15) is 149 Å². The molecular formula is C36H72N2O6P+. The van der Waals surface area contributed by atoms with Crippen molar-refractivity contribution < 1.29 is 32.9 Å². The topological polar surface area (TPSA) is 105 Å². The van der Waals surface area contributed by atoms with E-state index < -0.39 is 20.0 Å². The van der Waals surface area contributed by atoms with Crippen molar-refractivity contribution in [1.29, 1.82) is 0 Å². The first-order valence-electron chi connectivity index (χ1n) is 18.2. The van der Waals surface area contributed by atoms with Crippen LogP contribution in [0.15, 0.2) is 24.3 Å². The standard InChI is InChI=1S/C36H71N2O6P/c1-6-8-10-12-13-14-15-16-17-18-19-20-21-22-23-24-26-28-30-36(40)37-34(35(39)29-27-25-11-9-7-2)33-44-45(41,42)43-32-31-38(3,4)5/h14-15,17-18,34-35,39H,6-13,16,19-33H2,1-5H3,(H-,37,40,41,42)/p+1/b15-14-,18-17-. The Labute approximate surface area is 277 Å². The number of nitrogens with one attached hydrogen (secondary N) is 1. The number of likely N-dealkylation sites (N-methyl/N-ethyl adjacent to an activating group) is 1. The maximum atomic E-state index is 12.7. The molecule has 0 saturated carbocycles. The van der Waals surface area contributed by atoms with Gasteiger partial charge in [-0.25, -0.2) is 4.57 Å². The third-order valence-electron chi connectivity index (χ3n) is 7.95. The number of allylic oxidation sites excluding steroid dienone is 4. The fraction of sp³-hybridized carbons (Fsp3) is 0.861. The fourth-order valence-electron chi connectivity index (χ4n) is 4.96. The van der Waals surface area contributed by atoms with Crippen LogP contribution in [0.2, 0.25) is 0 Å². The molecule has 0 aliphatic carbocycles. The molecule has 0 aromatic heterocycles. The smallest absolute Gasteiger partial charge is 0.391 e. The first kappa shape index (κ1) is 44.0. The van der Waals surface area contributed by atoms with E-state index in [1.54, 1.807) is 0 Å². The lowest BCUT2D eigenvalue weighted by Crippen LogP contribution is -2.46. The second-order valence-corrected chi connectivity index (χ2v) is 15.1. The Bertz CT molecular complexity index is 799. The Balaban J connectivity index is 4.26. The first-order valence-corrected chi connectivity index (χ1v) is 19.7. The van der Waals surface area contributed by atoms with Gasteiger partial charge in [-0.3, -0.25) is 13.8 Å². The number of unbranched alkanes of at least 4 members (excludes halogenated alkanes) is 15. The molecular weight excluding hydrogens is 587 g/mol. The Morgan fingerprint density at radius 3 is 1.84 bits per heavy atom. The Morgan fingerprint density at radius 2 is 1.27 bits per heavy atom. The molecule has 266 valence electrons. The number of aliphatic hydroxyl groups is 1. The summed E-state index contributed by atoms with van der Waals surface area (Å²) in [6.45, 7) is 4.75. The molecule has 0 saturated heterocycles. The fourth-order valence-corrected chi connectivity index (χ4v) is 5.69. The van der Waals surface area contributed by atoms with E-state index in [1.165, 1.54) is 57.8 Å². The highest BCUT2D eigenvalue weighted by molar-refractivity contribution is 7.47. The highest BCUT2D eigenvalue weighted by Gasteiger charge is 2.28. The Kier molecular flexibility index (Phi) is 28.5. The minimum atomic E-state index is -4.29. The van der Waals surface area contributed by atoms with Crippen molar-refractivity contribution >= 4 is 13.7 Å². The van der Waals surface area contributed by atoms with Gasteiger partial charge >= 0.3 is 7.82 Å². The van der Waals surface area contributed by atoms with Gasteiger partial charge in [0, 0.05) is 6.42 Å². The maximum Gasteiger partial charge on any atom is 0.472 e. The zero-order valence-corrected chi connectivity index (χ0v) is 30.8. The zero-order valence-electron chi connectivity index (χ0n) is 29.9. The van der Waals surface area contributed by atoms with E-state index in [-0.39, 0.29) is 19.1 Å². The lowest BCUT2D eigenvalue weighted by molar-refractivity contribution is -0.870. The van der Waals surface area contributed by atoms with Gasteiger partial charge in [0.2, 0.25) is 5.91 Å². The summed E-state index contributed by atoms with van der Waals surface area (Å²) in [6, 6.07) is -0.758. The van der Waals surface area contributed by atoms with Crippen LogP contribution in [0.5, 0.6) is 0 Å². The predicted molar refractivity (Wildman–Crippen MR) is 189 cm³/mol. The monoisotopic (exact) mass is 660 g/mol. The summed E-state index contributed by atoms with van der Waals surface area (Å²) >= 11 is 0. The van der Waals surface area contributed by atoms with Gasteiger partial charge in [0.05, 0.1) is 39.9 Å². The third-order valence-corrected chi connectivity index (χ3v) is 8.94. The molecule has 0 bridgehead atoms. The van der Waals surface area contributed by atoms with E-state index >= 15 is 0 Å². The normalized spacial score (nSPS) is 15.1. The van der Waals surface area contributed by atoms with Gasteiger partial charge in [0.25, 0.3) is 0 Å². The number of nitrogens with zero attached hydrogens (tertiary/aromatic N) is 1. The number of quaternary nitrogens is 1. The average molecular weight is 660 g/mol. The molecule has 3 atom stereocenters. The van der Waals surface area contributed by atoms with Crippen molar-refractivity contribution in [3.8, 4) is 0 Å². The Morgan fingerprint density at radius 1 is 0.756 bits per heavy atom. The number of amides is 1. The molecule has 0 aliphatic rings. The van der Waals surface area contributed by atoms with E-state index in [9.17, 15) is 19.4 Å². The summed E-state index contributed by atoms with van der Waals surface area (Å²) in [4.78, 5) is 22.8. The molecule has 0 aliphatic heterocycles. The van der Waals surface area contributed by atoms with Crippen LogP contribution < -0.4 is 5.32 Å². The molecule has 0 aromatic rings. The summed E-state index contributed by atoms with van der Waals surface area (Å²) in [5.74, 6) is -0.162. The average Bonchev–Trinajstić information content (AvgIpc) is 2.97. The van der Waals surface area contributed by atoms with Crippen molar-refractivity contribution in [3.63, 3.8) is 0 Å². The number of rotatable bonds is 32. The molecule has 8 nitrogen and oxygen atoms in total. The minimum absolute atomic E-state index is 0.0719. The van der Waals surface area contributed by atoms with Crippen LogP contribution in [0.4, 0.5) is 0 Å². The van der Waals surface area contributed by atoms with Gasteiger partial charge in [0.15, 0.2) is 0 Å². The molecule has 0 radical (unpaired) electrons. The maximum absolute atomic E-state index is 12.7. The lowest BCUT2D eigenvalue weighted by atomic mass is 10.0. The van der Waals surface area contributed by atoms with Crippen molar-refractivity contribution in [2.45, 2.75) is 161 Å². The summed E-state index contributed by atoms with van der Waals surface area (Å²) in [5, 5.41) is 13.7. The zero-order chi connectivity index (χ0) is 33.7. The highest BCUT2D eigenvalue weighted by atomic mass is 31.2. The van der Waals surface area contributed by atoms with E-state index in [0.717, 1.165) is 64.2 Å². The second kappa shape index (κ2) is 29.1. The van der Waals surface area contributed by atoms with E-state index in [0.29, 0.717) is 23.9 Å². The molecule has 3 N–H and O–H groups in total. The predicted octanol–water partition coefficient (Wildman–Crippen LogP) is 9.02. The molecule has 3 unspecified atom stereocenters. The van der Waals surface area contributed by atoms with Crippen molar-refractivity contribution in [2.24, 2.45) is 0 Å². The first-order chi connectivity index (χ1) is 21.5. The summed E-state index contributed by atoms with van der Waals surface area (Å²) < 4.78 is 23.3. The number of phosphoric ester groups is 1. The molecule has 45 heavy (non-hydrogen) atoms. The SMILES string of the molecule is CCCCCC/C=C\C/C=C\CCCCCCCCCC(=O)NC(COP(=O)(O)OCC[N+](C)(C)C)C(O)CCCCCCC. The number of hydrogen-bond acceptors (Lipinski definition) is 5. The van der Waals surface area contributed by atoms with Gasteiger partial charge in [-0.05, 0) is 44.9 Å². The molecule has 0 spiro atoms. The molecule has 0 rings (SSSR count). The van der Waals surface area contributed by atoms with Gasteiger partial charge in [-0.15, -0.1) is 0 Å². The summed E-state index contributed by atoms with van der Waals surface area (Å²) in [7, 11) is 1.60. The van der Waals surface area contributed by atoms with Gasteiger partial charge < -0.3 is 19.8 Å². The number of hydrogen-bond donors (Lipinski definition) is 3. The molecule has 0 aromatic carbocycles. The number of carbonyl (C=O) groups is 1. The molecule has 0 heterocycles. The summed E-state index contributed by atoms with van der Waals surface area (Å²) in [5.41, 5.74) is 0. The van der Waals surface area contributed by atoms with Gasteiger partial charge in [0.1, 0.15) is 13.2 Å². The molecule has 1 amide bonds. The quantitative estimate of drug-likeness (QED) is 0.0288. The minimum Gasteiger partial charge on any atom is -0.391 e. The number of aliphatic hydroxyl groups excluding tert-OH is 1. The van der Waals surface area contributed by atoms with Gasteiger partial charge in [-0.2, -0.15) is 0 Å². The molecule has 9 heteroatoms. The van der Waals surface area contributed by atoms with Crippen LogP contribution in [-0.2, 0) is 18.4 Å². The van der Waals surface area contributed by atoms with E-state index in [2.05, 4.69) is 43.5 Å². The van der Waals surface area contributed by atoms with Crippen LogP contribution >= 0.6 is 7.82 Å². The van der Waals surface area contributed by atoms with Crippen LogP contribution in [-0.4, -0.2) is 73.4 Å². The largest absolute Gasteiger partial charge is 0.472 e. The van der Waals surface area contributed by atoms with Crippen LogP contribution in [0.3, 0.4) is 0 Å². The van der Waals surface area contributed by atoms with Crippen molar-refractivity contribution in [2.75, 3.05) is 40.9 Å². The summed E-state index contributed by atoms with van der Waals surface area (Å²) in [6.07, 6.45) is 30.9. The third kappa shape index (κ3) is 31.4. The Hall–Kier alpha value is -1.02. The van der Waals surface area contributed by atoms with Crippen LogP contribution in [0, 0.1) is 0 Å². The van der Waals surface area contributed by atoms with E-state index in [1.807, 2.05) is 21.1 Å². The number of carbonyl (C=O) groups excluding carboxylic acids is 1. The molecule has 0 fully saturated rings. The van der Waals surface area contributed by atoms with Crippen molar-refractivity contribution in [3.05, 3.63) is 24.3 Å². The van der Waals surface area contributed by atoms with Crippen LogP contribution in [0.25, 0.3) is 0 Å². The number of phosphoric acid groups is 1. The second-order valence-electron chi connectivity index (χ2n) is 13.6. The lowest BCUT2D eigenvalue weighted by Gasteiger charge is -2.26. The van der Waals surface area contributed by atoms with Gasteiger partial charge in [-0.1, -0.05) is 122 Å². The van der Waals surface area contributed by atoms with Crippen molar-refractivity contribution in [1.82, 2.24) is 5.32 Å². The highest BCUT2D eigenvalue weighted by Crippen LogP contribution is 2.43. The van der Waals surface area contributed by atoms with E-state index in [4.69, 9.17) is 9.05 Å².